The number of hydrogen-bond donors (Lipinski definition) is 3. The second-order valence-electron chi connectivity index (χ2n) is 6.48. The van der Waals surface area contributed by atoms with Crippen LogP contribution in [-0.4, -0.2) is 46.4 Å². The lowest BCUT2D eigenvalue weighted by Gasteiger charge is -2.22. The van der Waals surface area contributed by atoms with Crippen LogP contribution >= 0.6 is 24.0 Å². The smallest absolute Gasteiger partial charge is 0.273 e. The van der Waals surface area contributed by atoms with E-state index in [1.54, 1.807) is 35.1 Å². The molecule has 1 saturated heterocycles. The molecule has 1 aromatic carbocycles. The predicted octanol–water partition coefficient (Wildman–Crippen LogP) is 2.43. The summed E-state index contributed by atoms with van der Waals surface area (Å²) in [6.07, 6.45) is 4.50. The van der Waals surface area contributed by atoms with E-state index in [1.807, 2.05) is 0 Å². The molecule has 0 unspecified atom stereocenters. The number of nitrogens with zero attached hydrogens (tertiary/aromatic N) is 3. The van der Waals surface area contributed by atoms with Crippen molar-refractivity contribution < 1.29 is 9.59 Å². The molecular formula is C18H24Cl2N6O2. The van der Waals surface area contributed by atoms with Crippen LogP contribution < -0.4 is 16.0 Å². The number of halogens is 2. The van der Waals surface area contributed by atoms with Gasteiger partial charge in [-0.15, -0.1) is 17.5 Å². The van der Waals surface area contributed by atoms with Gasteiger partial charge in [-0.3, -0.25) is 9.59 Å². The first-order valence-electron chi connectivity index (χ1n) is 9.08. The molecule has 0 spiro atoms. The highest BCUT2D eigenvalue weighted by Crippen LogP contribution is 2.17. The molecule has 28 heavy (non-hydrogen) atoms. The molecule has 3 N–H and O–H groups in total. The minimum Gasteiger partial charge on any atom is -0.351 e. The number of rotatable bonds is 7. The van der Waals surface area contributed by atoms with Gasteiger partial charge in [-0.05, 0) is 56.6 Å². The van der Waals surface area contributed by atoms with Gasteiger partial charge in [0.05, 0.1) is 12.2 Å². The molecule has 10 heteroatoms. The zero-order chi connectivity index (χ0) is 19.1. The lowest BCUT2D eigenvalue weighted by molar-refractivity contribution is -0.116. The van der Waals surface area contributed by atoms with Crippen molar-refractivity contribution in [1.29, 1.82) is 0 Å². The third-order valence-corrected chi connectivity index (χ3v) is 4.67. The Kier molecular flexibility index (Phi) is 8.69. The molecule has 0 atom stereocenters. The SMILES string of the molecule is Cl.O=C(CCCNC(=O)c1cn(C2CCNCC2)nn1)Nc1ccc(Cl)cc1. The van der Waals surface area contributed by atoms with E-state index in [1.165, 1.54) is 0 Å². The molecule has 2 amide bonds. The Labute approximate surface area is 174 Å². The van der Waals surface area contributed by atoms with Crippen LogP contribution in [0.4, 0.5) is 5.69 Å². The highest BCUT2D eigenvalue weighted by Gasteiger charge is 2.18. The number of nitrogens with one attached hydrogen (secondary N) is 3. The third kappa shape index (κ3) is 6.47. The first-order valence-corrected chi connectivity index (χ1v) is 9.46. The maximum atomic E-state index is 12.2. The molecular weight excluding hydrogens is 403 g/mol. The van der Waals surface area contributed by atoms with Gasteiger partial charge in [0.1, 0.15) is 0 Å². The average molecular weight is 427 g/mol. The molecule has 0 aliphatic carbocycles. The van der Waals surface area contributed by atoms with Crippen LogP contribution in [0.2, 0.25) is 5.02 Å². The molecule has 1 fully saturated rings. The van der Waals surface area contributed by atoms with Crippen LogP contribution in [0.15, 0.2) is 30.5 Å². The standard InChI is InChI=1S/C18H23ClN6O2.ClH/c19-13-3-5-14(6-4-13)22-17(26)2-1-9-21-18(27)16-12-25(24-23-16)15-7-10-20-11-8-15;/h3-6,12,15,20H,1-2,7-11H2,(H,21,27)(H,22,26);1H. The zero-order valence-electron chi connectivity index (χ0n) is 15.4. The zero-order valence-corrected chi connectivity index (χ0v) is 16.9. The molecule has 8 nitrogen and oxygen atoms in total. The highest BCUT2D eigenvalue weighted by atomic mass is 35.5. The fraction of sp³-hybridized carbons (Fsp3) is 0.444. The van der Waals surface area contributed by atoms with Gasteiger partial charge in [-0.25, -0.2) is 4.68 Å². The number of carbonyl (C=O) groups is 2. The molecule has 0 radical (unpaired) electrons. The predicted molar refractivity (Wildman–Crippen MR) is 110 cm³/mol. The monoisotopic (exact) mass is 426 g/mol. The topological polar surface area (TPSA) is 101 Å². The molecule has 0 saturated carbocycles. The van der Waals surface area contributed by atoms with E-state index < -0.39 is 0 Å². The van der Waals surface area contributed by atoms with E-state index in [-0.39, 0.29) is 30.3 Å². The average Bonchev–Trinajstić information content (AvgIpc) is 3.18. The van der Waals surface area contributed by atoms with Crippen molar-refractivity contribution >= 4 is 41.5 Å². The first-order chi connectivity index (χ1) is 13.1. The number of benzene rings is 1. The van der Waals surface area contributed by atoms with E-state index >= 15 is 0 Å². The van der Waals surface area contributed by atoms with Gasteiger partial charge in [0.15, 0.2) is 5.69 Å². The Morgan fingerprint density at radius 1 is 1.21 bits per heavy atom. The van der Waals surface area contributed by atoms with E-state index in [9.17, 15) is 9.59 Å². The largest absolute Gasteiger partial charge is 0.351 e. The Hall–Kier alpha value is -2.16. The van der Waals surface area contributed by atoms with Gasteiger partial charge in [-0.2, -0.15) is 0 Å². The molecule has 1 aliphatic heterocycles. The van der Waals surface area contributed by atoms with E-state index in [0.29, 0.717) is 35.8 Å². The summed E-state index contributed by atoms with van der Waals surface area (Å²) in [6, 6.07) is 7.21. The van der Waals surface area contributed by atoms with Crippen molar-refractivity contribution in [2.24, 2.45) is 0 Å². The number of carbonyl (C=O) groups excluding carboxylic acids is 2. The lowest BCUT2D eigenvalue weighted by Crippen LogP contribution is -2.29. The molecule has 152 valence electrons. The van der Waals surface area contributed by atoms with Crippen LogP contribution in [0.5, 0.6) is 0 Å². The van der Waals surface area contributed by atoms with Crippen LogP contribution in [0.25, 0.3) is 0 Å². The van der Waals surface area contributed by atoms with Crippen LogP contribution in [0.3, 0.4) is 0 Å². The second-order valence-corrected chi connectivity index (χ2v) is 6.92. The van der Waals surface area contributed by atoms with Crippen LogP contribution in [0, 0.1) is 0 Å². The van der Waals surface area contributed by atoms with Crippen LogP contribution in [0.1, 0.15) is 42.2 Å². The normalized spacial score (nSPS) is 14.2. The van der Waals surface area contributed by atoms with Crippen molar-refractivity contribution in [1.82, 2.24) is 25.6 Å². The number of aromatic nitrogens is 3. The maximum absolute atomic E-state index is 12.2. The summed E-state index contributed by atoms with van der Waals surface area (Å²) in [6.45, 7) is 2.29. The van der Waals surface area contributed by atoms with Gasteiger partial charge >= 0.3 is 0 Å². The summed E-state index contributed by atoms with van der Waals surface area (Å²) < 4.78 is 1.77. The fourth-order valence-electron chi connectivity index (χ4n) is 2.93. The van der Waals surface area contributed by atoms with Gasteiger partial charge < -0.3 is 16.0 Å². The van der Waals surface area contributed by atoms with Crippen molar-refractivity contribution in [2.45, 2.75) is 31.7 Å². The minimum absolute atomic E-state index is 0. The number of piperidine rings is 1. The Bertz CT molecular complexity index is 775. The molecule has 1 aliphatic rings. The molecule has 2 aromatic rings. The summed E-state index contributed by atoms with van der Waals surface area (Å²) in [5, 5.41) is 17.5. The van der Waals surface area contributed by atoms with Gasteiger partial charge in [0.25, 0.3) is 5.91 Å². The second kappa shape index (κ2) is 11.0. The lowest BCUT2D eigenvalue weighted by atomic mass is 10.1. The molecule has 3 rings (SSSR count). The first kappa shape index (κ1) is 22.1. The number of hydrogen-bond acceptors (Lipinski definition) is 5. The fourth-order valence-corrected chi connectivity index (χ4v) is 3.05. The maximum Gasteiger partial charge on any atom is 0.273 e. The van der Waals surface area contributed by atoms with Crippen molar-refractivity contribution in [3.05, 3.63) is 41.2 Å². The number of amides is 2. The minimum atomic E-state index is -0.270. The highest BCUT2D eigenvalue weighted by molar-refractivity contribution is 6.30. The number of anilines is 1. The summed E-state index contributed by atoms with van der Waals surface area (Å²) in [7, 11) is 0. The quantitative estimate of drug-likeness (QED) is 0.590. The van der Waals surface area contributed by atoms with Gasteiger partial charge in [0, 0.05) is 23.7 Å². The van der Waals surface area contributed by atoms with E-state index in [0.717, 1.165) is 25.9 Å². The Morgan fingerprint density at radius 3 is 2.64 bits per heavy atom. The molecule has 0 bridgehead atoms. The van der Waals surface area contributed by atoms with Crippen molar-refractivity contribution in [3.8, 4) is 0 Å². The van der Waals surface area contributed by atoms with Gasteiger partial charge in [0.2, 0.25) is 5.91 Å². The third-order valence-electron chi connectivity index (χ3n) is 4.42. The van der Waals surface area contributed by atoms with E-state index in [2.05, 4.69) is 26.3 Å². The Morgan fingerprint density at radius 2 is 1.93 bits per heavy atom. The Balaban J connectivity index is 0.00000280. The van der Waals surface area contributed by atoms with Crippen molar-refractivity contribution in [3.63, 3.8) is 0 Å². The molecule has 2 heterocycles. The van der Waals surface area contributed by atoms with Crippen molar-refractivity contribution in [2.75, 3.05) is 25.0 Å². The van der Waals surface area contributed by atoms with Crippen LogP contribution in [-0.2, 0) is 4.79 Å². The summed E-state index contributed by atoms with van der Waals surface area (Å²) >= 11 is 5.81. The summed E-state index contributed by atoms with van der Waals surface area (Å²) in [4.78, 5) is 24.1. The van der Waals surface area contributed by atoms with Gasteiger partial charge in [-0.1, -0.05) is 16.8 Å². The molecule has 1 aromatic heterocycles. The summed E-state index contributed by atoms with van der Waals surface area (Å²) in [5.74, 6) is -0.378. The summed E-state index contributed by atoms with van der Waals surface area (Å²) in [5.41, 5.74) is 1.00. The van der Waals surface area contributed by atoms with E-state index in [4.69, 9.17) is 11.6 Å².